The Labute approximate surface area is 121 Å². The maximum Gasteiger partial charge on any atom is 0.271 e. The number of benzene rings is 1. The molecule has 3 aromatic heterocycles. The van der Waals surface area contributed by atoms with Gasteiger partial charge >= 0.3 is 0 Å². The van der Waals surface area contributed by atoms with Gasteiger partial charge in [-0.25, -0.2) is 14.6 Å². The fourth-order valence-corrected chi connectivity index (χ4v) is 3.18. The summed E-state index contributed by atoms with van der Waals surface area (Å²) in [5, 5.41) is 8.02. The molecule has 0 spiro atoms. The summed E-state index contributed by atoms with van der Waals surface area (Å²) in [7, 11) is 0. The molecule has 0 unspecified atom stereocenters. The number of thiazole rings is 1. The van der Waals surface area contributed by atoms with Crippen LogP contribution in [-0.2, 0) is 6.42 Å². The highest BCUT2D eigenvalue weighted by Crippen LogP contribution is 2.24. The molecular weight excluding hydrogens is 290 g/mol. The van der Waals surface area contributed by atoms with Crippen molar-refractivity contribution >= 4 is 32.8 Å². The van der Waals surface area contributed by atoms with Gasteiger partial charge in [-0.1, -0.05) is 6.07 Å². The van der Waals surface area contributed by atoms with Gasteiger partial charge in [-0.3, -0.25) is 9.78 Å². The Hall–Kier alpha value is -2.61. The maximum atomic E-state index is 12.0. The summed E-state index contributed by atoms with van der Waals surface area (Å²) < 4.78 is 5.64. The van der Waals surface area contributed by atoms with Crippen LogP contribution in [0.15, 0.2) is 27.6 Å². The predicted octanol–water partition coefficient (Wildman–Crippen LogP) is 1.82. The third-order valence-electron chi connectivity index (χ3n) is 3.11. The van der Waals surface area contributed by atoms with Crippen LogP contribution >= 0.6 is 11.3 Å². The van der Waals surface area contributed by atoms with Gasteiger partial charge < -0.3 is 0 Å². The first-order chi connectivity index (χ1) is 10.2. The summed E-state index contributed by atoms with van der Waals surface area (Å²) in [4.78, 5) is 23.2. The molecule has 21 heavy (non-hydrogen) atoms. The van der Waals surface area contributed by atoms with Crippen molar-refractivity contribution in [1.29, 1.82) is 0 Å². The van der Waals surface area contributed by atoms with Crippen molar-refractivity contribution in [2.75, 3.05) is 0 Å². The zero-order valence-corrected chi connectivity index (χ0v) is 11.8. The molecule has 104 valence electrons. The molecule has 0 aliphatic rings. The van der Waals surface area contributed by atoms with Crippen LogP contribution in [0.4, 0.5) is 0 Å². The number of aromatic nitrogens is 5. The van der Waals surface area contributed by atoms with Gasteiger partial charge in [0.25, 0.3) is 5.56 Å². The number of nitrogens with one attached hydrogen (secondary N) is 1. The first-order valence-corrected chi connectivity index (χ1v) is 7.08. The summed E-state index contributed by atoms with van der Waals surface area (Å²) in [5.41, 5.74) is 2.72. The molecule has 0 amide bonds. The van der Waals surface area contributed by atoms with Gasteiger partial charge in [0, 0.05) is 6.42 Å². The fourth-order valence-electron chi connectivity index (χ4n) is 2.11. The number of H-pyrrole nitrogens is 1. The average molecular weight is 299 g/mol. The van der Waals surface area contributed by atoms with E-state index in [1.54, 1.807) is 11.3 Å². The second kappa shape index (κ2) is 4.45. The van der Waals surface area contributed by atoms with Crippen molar-refractivity contribution in [3.05, 3.63) is 44.8 Å². The lowest BCUT2D eigenvalue weighted by Crippen LogP contribution is -2.15. The highest BCUT2D eigenvalue weighted by molar-refractivity contribution is 7.18. The second-order valence-electron chi connectivity index (χ2n) is 4.70. The maximum absolute atomic E-state index is 12.0. The Morgan fingerprint density at radius 3 is 3.10 bits per heavy atom. The first-order valence-electron chi connectivity index (χ1n) is 6.26. The fraction of sp³-hybridized carbons (Fsp3) is 0.154. The van der Waals surface area contributed by atoms with Gasteiger partial charge in [-0.15, -0.1) is 11.3 Å². The highest BCUT2D eigenvalue weighted by Gasteiger charge is 2.12. The van der Waals surface area contributed by atoms with Gasteiger partial charge in [-0.2, -0.15) is 0 Å². The zero-order chi connectivity index (χ0) is 14.4. The molecule has 0 aliphatic heterocycles. The number of rotatable bonds is 2. The third-order valence-corrected chi connectivity index (χ3v) is 4.13. The molecule has 1 aromatic carbocycles. The Balaban J connectivity index is 1.78. The van der Waals surface area contributed by atoms with Crippen molar-refractivity contribution in [2.24, 2.45) is 0 Å². The quantitative estimate of drug-likeness (QED) is 0.606. The predicted molar refractivity (Wildman–Crippen MR) is 77.4 cm³/mol. The van der Waals surface area contributed by atoms with Crippen LogP contribution in [0, 0.1) is 6.92 Å². The van der Waals surface area contributed by atoms with E-state index in [1.807, 2.05) is 19.1 Å². The summed E-state index contributed by atoms with van der Waals surface area (Å²) >= 11 is 1.56. The van der Waals surface area contributed by atoms with Crippen molar-refractivity contribution in [3.63, 3.8) is 0 Å². The Kier molecular flexibility index (Phi) is 2.58. The van der Waals surface area contributed by atoms with E-state index in [2.05, 4.69) is 36.0 Å². The van der Waals surface area contributed by atoms with E-state index in [-0.39, 0.29) is 11.2 Å². The van der Waals surface area contributed by atoms with Crippen LogP contribution < -0.4 is 5.56 Å². The number of aryl methyl sites for hydroxylation is 1. The van der Waals surface area contributed by atoms with Gasteiger partial charge in [0.15, 0.2) is 0 Å². The molecule has 0 saturated heterocycles. The molecule has 4 aromatic rings. The second-order valence-corrected chi connectivity index (χ2v) is 5.82. The van der Waals surface area contributed by atoms with Gasteiger partial charge in [-0.05, 0) is 34.9 Å². The number of aromatic amines is 1. The van der Waals surface area contributed by atoms with Crippen molar-refractivity contribution in [3.8, 4) is 0 Å². The van der Waals surface area contributed by atoms with Crippen LogP contribution in [0.25, 0.3) is 21.5 Å². The van der Waals surface area contributed by atoms with E-state index >= 15 is 0 Å². The summed E-state index contributed by atoms with van der Waals surface area (Å²) in [5.74, 6) is 0. The average Bonchev–Trinajstić information content (AvgIpc) is 3.04. The third kappa shape index (κ3) is 2.09. The minimum Gasteiger partial charge on any atom is -0.299 e. The summed E-state index contributed by atoms with van der Waals surface area (Å²) in [6, 6.07) is 6.08. The van der Waals surface area contributed by atoms with Crippen molar-refractivity contribution in [1.82, 2.24) is 25.3 Å². The first kappa shape index (κ1) is 12.2. The van der Waals surface area contributed by atoms with Gasteiger partial charge in [0.2, 0.25) is 11.3 Å². The van der Waals surface area contributed by atoms with E-state index in [1.165, 1.54) is 5.56 Å². The molecule has 0 aliphatic carbocycles. The minimum atomic E-state index is -0.298. The molecule has 0 atom stereocenters. The largest absolute Gasteiger partial charge is 0.299 e. The smallest absolute Gasteiger partial charge is 0.271 e. The van der Waals surface area contributed by atoms with Crippen LogP contribution in [-0.4, -0.2) is 25.3 Å². The standard InChI is InChI=1S/C13H9N5O2S/c1-6-2-3-7-9(4-6)21-10(14-7)5-8-13(19)16-12-11(15-8)17-20-18-12/h2-4H,5H2,1H3,(H,16,18,19). The lowest BCUT2D eigenvalue weighted by Gasteiger charge is -1.94. The van der Waals surface area contributed by atoms with E-state index in [9.17, 15) is 4.79 Å². The topological polar surface area (TPSA) is 97.6 Å². The van der Waals surface area contributed by atoms with E-state index in [4.69, 9.17) is 0 Å². The summed E-state index contributed by atoms with van der Waals surface area (Å²) in [6.45, 7) is 2.04. The Morgan fingerprint density at radius 1 is 1.29 bits per heavy atom. The molecular formula is C13H9N5O2S. The SMILES string of the molecule is Cc1ccc2nc(Cc3nc4nonc4[nH]c3=O)sc2c1. The molecule has 0 radical (unpaired) electrons. The molecule has 0 bridgehead atoms. The van der Waals surface area contributed by atoms with E-state index < -0.39 is 0 Å². The lowest BCUT2D eigenvalue weighted by atomic mass is 10.2. The van der Waals surface area contributed by atoms with E-state index in [0.29, 0.717) is 17.8 Å². The summed E-state index contributed by atoms with van der Waals surface area (Å²) in [6.07, 6.45) is 0.358. The minimum absolute atomic E-state index is 0.253. The number of hydrogen-bond donors (Lipinski definition) is 1. The Morgan fingerprint density at radius 2 is 2.19 bits per heavy atom. The molecule has 4 rings (SSSR count). The van der Waals surface area contributed by atoms with Gasteiger partial charge in [0.1, 0.15) is 5.69 Å². The van der Waals surface area contributed by atoms with Crippen LogP contribution in [0.1, 0.15) is 16.3 Å². The van der Waals surface area contributed by atoms with Crippen molar-refractivity contribution in [2.45, 2.75) is 13.3 Å². The number of fused-ring (bicyclic) bond motifs is 2. The van der Waals surface area contributed by atoms with Crippen LogP contribution in [0.5, 0.6) is 0 Å². The number of hydrogen-bond acceptors (Lipinski definition) is 7. The monoisotopic (exact) mass is 299 g/mol. The van der Waals surface area contributed by atoms with Crippen molar-refractivity contribution < 1.29 is 4.63 Å². The zero-order valence-electron chi connectivity index (χ0n) is 11.0. The van der Waals surface area contributed by atoms with E-state index in [0.717, 1.165) is 15.2 Å². The molecule has 8 heteroatoms. The molecule has 3 heterocycles. The molecule has 1 N–H and O–H groups in total. The van der Waals surface area contributed by atoms with Gasteiger partial charge in [0.05, 0.1) is 15.2 Å². The highest BCUT2D eigenvalue weighted by atomic mass is 32.1. The lowest BCUT2D eigenvalue weighted by molar-refractivity contribution is 0.314. The molecule has 0 saturated carbocycles. The molecule has 0 fully saturated rings. The van der Waals surface area contributed by atoms with Crippen LogP contribution in [0.2, 0.25) is 0 Å². The number of nitrogens with zero attached hydrogens (tertiary/aromatic N) is 4. The van der Waals surface area contributed by atoms with Crippen LogP contribution in [0.3, 0.4) is 0 Å². The molecule has 7 nitrogen and oxygen atoms in total. The Bertz CT molecular complexity index is 1020. The normalized spacial score (nSPS) is 11.5.